The number of rotatable bonds is 6. The molecule has 2 aliphatic rings. The Morgan fingerprint density at radius 2 is 2.00 bits per heavy atom. The Balaban J connectivity index is 1.69. The molecule has 0 radical (unpaired) electrons. The lowest BCUT2D eigenvalue weighted by atomic mass is 9.98. The molecule has 0 aromatic heterocycles. The van der Waals surface area contributed by atoms with Crippen LogP contribution >= 0.6 is 0 Å². The van der Waals surface area contributed by atoms with E-state index >= 15 is 0 Å². The lowest BCUT2D eigenvalue weighted by molar-refractivity contribution is -0.118. The van der Waals surface area contributed by atoms with E-state index in [1.54, 1.807) is 7.11 Å². The van der Waals surface area contributed by atoms with Gasteiger partial charge in [0.15, 0.2) is 0 Å². The summed E-state index contributed by atoms with van der Waals surface area (Å²) in [7, 11) is 1.67. The molecule has 1 saturated heterocycles. The van der Waals surface area contributed by atoms with Gasteiger partial charge in [-0.1, -0.05) is 18.2 Å². The zero-order valence-corrected chi connectivity index (χ0v) is 15.0. The summed E-state index contributed by atoms with van der Waals surface area (Å²) in [5.74, 6) is 0.937. The van der Waals surface area contributed by atoms with Crippen molar-refractivity contribution in [3.05, 3.63) is 41.5 Å². The minimum absolute atomic E-state index is 0.0893. The first-order chi connectivity index (χ1) is 12.3. The molecule has 1 aliphatic carbocycles. The van der Waals surface area contributed by atoms with Crippen LogP contribution in [0.2, 0.25) is 0 Å². The fourth-order valence-electron chi connectivity index (χ4n) is 3.52. The van der Waals surface area contributed by atoms with Gasteiger partial charge in [-0.05, 0) is 43.4 Å². The van der Waals surface area contributed by atoms with Crippen LogP contribution in [0.4, 0.5) is 0 Å². The molecule has 1 N–H and O–H groups in total. The van der Waals surface area contributed by atoms with Crippen LogP contribution in [0.1, 0.15) is 37.3 Å². The number of morpholine rings is 1. The van der Waals surface area contributed by atoms with E-state index in [-0.39, 0.29) is 11.9 Å². The molecule has 0 spiro atoms. The summed E-state index contributed by atoms with van der Waals surface area (Å²) in [4.78, 5) is 14.9. The molecule has 5 nitrogen and oxygen atoms in total. The molecule has 1 amide bonds. The number of carbonyl (C=O) groups is 1. The molecule has 3 rings (SSSR count). The summed E-state index contributed by atoms with van der Waals surface area (Å²) in [5, 5.41) is 3.16. The number of nitrogens with one attached hydrogen (secondary N) is 1. The summed E-state index contributed by atoms with van der Waals surface area (Å²) in [6.07, 6.45) is 6.32. The standard InChI is InChI=1S/C20H28N2O3/c1-24-18-9-7-16(8-10-18)19(22-11-13-25-14-12-22)15-21-20(23)17-5-3-2-4-6-17/h5,7-10,19H,2-4,6,11-15H2,1H3,(H,21,23). The number of carbonyl (C=O) groups excluding carboxylic acids is 1. The quantitative estimate of drug-likeness (QED) is 0.862. The minimum Gasteiger partial charge on any atom is -0.497 e. The summed E-state index contributed by atoms with van der Waals surface area (Å²) >= 11 is 0. The van der Waals surface area contributed by atoms with Gasteiger partial charge in [-0.25, -0.2) is 0 Å². The van der Waals surface area contributed by atoms with Gasteiger partial charge in [-0.3, -0.25) is 9.69 Å². The van der Waals surface area contributed by atoms with E-state index in [4.69, 9.17) is 9.47 Å². The smallest absolute Gasteiger partial charge is 0.246 e. The van der Waals surface area contributed by atoms with Crippen LogP contribution in [-0.2, 0) is 9.53 Å². The summed E-state index contributed by atoms with van der Waals surface area (Å²) < 4.78 is 10.7. The first-order valence-electron chi connectivity index (χ1n) is 9.21. The highest BCUT2D eigenvalue weighted by Crippen LogP contribution is 2.24. The molecule has 5 heteroatoms. The van der Waals surface area contributed by atoms with Gasteiger partial charge in [-0.2, -0.15) is 0 Å². The first-order valence-corrected chi connectivity index (χ1v) is 9.21. The molecule has 1 aliphatic heterocycles. The van der Waals surface area contributed by atoms with Crippen LogP contribution < -0.4 is 10.1 Å². The Hall–Kier alpha value is -1.85. The van der Waals surface area contributed by atoms with Crippen LogP contribution in [0.15, 0.2) is 35.9 Å². The van der Waals surface area contributed by atoms with Gasteiger partial charge in [0.25, 0.3) is 0 Å². The van der Waals surface area contributed by atoms with Crippen LogP contribution in [0.25, 0.3) is 0 Å². The minimum atomic E-state index is 0.0893. The van der Waals surface area contributed by atoms with Gasteiger partial charge in [0.05, 0.1) is 26.4 Å². The van der Waals surface area contributed by atoms with Crippen LogP contribution in [-0.4, -0.2) is 50.8 Å². The fraction of sp³-hybridized carbons (Fsp3) is 0.550. The topological polar surface area (TPSA) is 50.8 Å². The number of ether oxygens (including phenoxy) is 2. The molecule has 0 saturated carbocycles. The maximum Gasteiger partial charge on any atom is 0.246 e. The Labute approximate surface area is 150 Å². The summed E-state index contributed by atoms with van der Waals surface area (Å²) in [6, 6.07) is 8.29. The van der Waals surface area contributed by atoms with Crippen molar-refractivity contribution in [2.24, 2.45) is 0 Å². The maximum absolute atomic E-state index is 12.5. The SMILES string of the molecule is COc1ccc(C(CNC(=O)C2=CCCCC2)N2CCOCC2)cc1. The van der Waals surface area contributed by atoms with E-state index in [9.17, 15) is 4.79 Å². The van der Waals surface area contributed by atoms with Crippen molar-refractivity contribution in [1.29, 1.82) is 0 Å². The average molecular weight is 344 g/mol. The van der Waals surface area contributed by atoms with Crippen molar-refractivity contribution in [1.82, 2.24) is 10.2 Å². The van der Waals surface area contributed by atoms with Crippen molar-refractivity contribution >= 4 is 5.91 Å². The molecule has 1 heterocycles. The molecule has 1 atom stereocenters. The molecule has 25 heavy (non-hydrogen) atoms. The molecule has 1 fully saturated rings. The van der Waals surface area contributed by atoms with Gasteiger partial charge in [0.1, 0.15) is 5.75 Å². The molecular weight excluding hydrogens is 316 g/mol. The summed E-state index contributed by atoms with van der Waals surface area (Å²) in [5.41, 5.74) is 2.14. The van der Waals surface area contributed by atoms with E-state index in [2.05, 4.69) is 28.4 Å². The number of hydrogen-bond donors (Lipinski definition) is 1. The Kier molecular flexibility index (Phi) is 6.48. The first kappa shape index (κ1) is 18.0. The Bertz CT molecular complexity index is 591. The van der Waals surface area contributed by atoms with Crippen molar-refractivity contribution in [3.8, 4) is 5.75 Å². The Morgan fingerprint density at radius 1 is 1.24 bits per heavy atom. The van der Waals surface area contributed by atoms with Crippen molar-refractivity contribution in [3.63, 3.8) is 0 Å². The van der Waals surface area contributed by atoms with Gasteiger partial charge < -0.3 is 14.8 Å². The second-order valence-corrected chi connectivity index (χ2v) is 6.62. The van der Waals surface area contributed by atoms with E-state index in [1.807, 2.05) is 12.1 Å². The number of amides is 1. The van der Waals surface area contributed by atoms with E-state index < -0.39 is 0 Å². The fourth-order valence-corrected chi connectivity index (χ4v) is 3.52. The molecule has 1 aromatic carbocycles. The van der Waals surface area contributed by atoms with Crippen molar-refractivity contribution in [2.45, 2.75) is 31.7 Å². The number of benzene rings is 1. The van der Waals surface area contributed by atoms with Crippen molar-refractivity contribution in [2.75, 3.05) is 40.0 Å². The van der Waals surface area contributed by atoms with Gasteiger partial charge >= 0.3 is 0 Å². The number of nitrogens with zero attached hydrogens (tertiary/aromatic N) is 1. The van der Waals surface area contributed by atoms with E-state index in [0.717, 1.165) is 56.9 Å². The molecular formula is C20H28N2O3. The highest BCUT2D eigenvalue weighted by molar-refractivity contribution is 5.93. The van der Waals surface area contributed by atoms with Crippen LogP contribution in [0.3, 0.4) is 0 Å². The van der Waals surface area contributed by atoms with Crippen molar-refractivity contribution < 1.29 is 14.3 Å². The van der Waals surface area contributed by atoms with Gasteiger partial charge in [0, 0.05) is 25.2 Å². The maximum atomic E-state index is 12.5. The Morgan fingerprint density at radius 3 is 2.64 bits per heavy atom. The van der Waals surface area contributed by atoms with Crippen LogP contribution in [0.5, 0.6) is 5.75 Å². The molecule has 1 unspecified atom stereocenters. The second kappa shape index (κ2) is 9.02. The third-order valence-corrected chi connectivity index (χ3v) is 5.03. The predicted octanol–water partition coefficient (Wildman–Crippen LogP) is 2.69. The second-order valence-electron chi connectivity index (χ2n) is 6.62. The normalized spacial score (nSPS) is 19.8. The third kappa shape index (κ3) is 4.83. The van der Waals surface area contributed by atoms with Gasteiger partial charge in [-0.15, -0.1) is 0 Å². The summed E-state index contributed by atoms with van der Waals surface area (Å²) in [6.45, 7) is 3.87. The number of hydrogen-bond acceptors (Lipinski definition) is 4. The highest BCUT2D eigenvalue weighted by atomic mass is 16.5. The lowest BCUT2D eigenvalue weighted by Crippen LogP contribution is -2.44. The largest absolute Gasteiger partial charge is 0.497 e. The average Bonchev–Trinajstić information content (AvgIpc) is 2.70. The van der Waals surface area contributed by atoms with Crippen LogP contribution in [0, 0.1) is 0 Å². The molecule has 136 valence electrons. The number of allylic oxidation sites excluding steroid dienone is 1. The highest BCUT2D eigenvalue weighted by Gasteiger charge is 2.24. The monoisotopic (exact) mass is 344 g/mol. The zero-order chi connectivity index (χ0) is 17.5. The van der Waals surface area contributed by atoms with E-state index in [1.165, 1.54) is 12.0 Å². The molecule has 1 aromatic rings. The predicted molar refractivity (Wildman–Crippen MR) is 97.7 cm³/mol. The van der Waals surface area contributed by atoms with E-state index in [0.29, 0.717) is 6.54 Å². The molecule has 0 bridgehead atoms. The number of methoxy groups -OCH3 is 1. The third-order valence-electron chi connectivity index (χ3n) is 5.03. The zero-order valence-electron chi connectivity index (χ0n) is 15.0. The van der Waals surface area contributed by atoms with Gasteiger partial charge in [0.2, 0.25) is 5.91 Å². The lowest BCUT2D eigenvalue weighted by Gasteiger charge is -2.35.